The van der Waals surface area contributed by atoms with Crippen molar-refractivity contribution in [2.45, 2.75) is 88.1 Å². The number of thiazole rings is 1. The minimum atomic E-state index is -0.820. The molecule has 0 spiro atoms. The van der Waals surface area contributed by atoms with Gasteiger partial charge in [-0.2, -0.15) is 0 Å². The molecule has 1 atom stereocenters. The normalized spacial score (nSPS) is 20.4. The molecule has 1 aliphatic carbocycles. The van der Waals surface area contributed by atoms with Crippen molar-refractivity contribution in [3.05, 3.63) is 6.20 Å². The molecule has 6 nitrogen and oxygen atoms in total. The van der Waals surface area contributed by atoms with Crippen LogP contribution < -0.4 is 5.32 Å². The van der Waals surface area contributed by atoms with Gasteiger partial charge >= 0.3 is 12.0 Å². The summed E-state index contributed by atoms with van der Waals surface area (Å²) in [5, 5.41) is 12.2. The van der Waals surface area contributed by atoms with E-state index in [1.807, 2.05) is 11.8 Å². The average Bonchev–Trinajstić information content (AvgIpc) is 3.13. The van der Waals surface area contributed by atoms with Crippen LogP contribution in [-0.4, -0.2) is 44.8 Å². The Bertz CT molecular complexity index is 657. The monoisotopic (exact) mass is 441 g/mol. The molecule has 8 heteroatoms. The van der Waals surface area contributed by atoms with E-state index in [2.05, 4.69) is 31.1 Å². The largest absolute Gasteiger partial charge is 0.480 e. The molecule has 164 valence electrons. The number of urea groups is 1. The summed E-state index contributed by atoms with van der Waals surface area (Å²) in [5.41, 5.74) is 0. The molecule has 1 aromatic rings. The molecule has 0 aromatic carbocycles. The van der Waals surface area contributed by atoms with Gasteiger partial charge in [0.2, 0.25) is 0 Å². The predicted molar refractivity (Wildman–Crippen MR) is 121 cm³/mol. The van der Waals surface area contributed by atoms with Crippen LogP contribution in [0.1, 0.15) is 72.6 Å². The first kappa shape index (κ1) is 24.0. The number of nitrogens with one attached hydrogen (secondary N) is 1. The zero-order valence-electron chi connectivity index (χ0n) is 18.0. The molecule has 1 saturated carbocycles. The molecule has 1 unspecified atom stereocenters. The van der Waals surface area contributed by atoms with Gasteiger partial charge in [0.15, 0.2) is 5.13 Å². The third-order valence-corrected chi connectivity index (χ3v) is 8.05. The summed E-state index contributed by atoms with van der Waals surface area (Å²) in [5.74, 6) is 0.515. The van der Waals surface area contributed by atoms with E-state index in [4.69, 9.17) is 0 Å². The standard InChI is InChI=1S/C21H35N3O3S2/c1-5-15-7-9-16(10-8-15)24(12-11-14(3)4)21(27)23-20-22-13-18(29-20)28-17(6-2)19(25)26/h13-17H,5-12H2,1-4H3,(H,25,26)(H,22,23,27)/t15-,16-,17?. The molecule has 0 aliphatic heterocycles. The Morgan fingerprint density at radius 3 is 2.55 bits per heavy atom. The van der Waals surface area contributed by atoms with Gasteiger partial charge in [-0.1, -0.05) is 57.2 Å². The van der Waals surface area contributed by atoms with Crippen molar-refractivity contribution in [3.8, 4) is 0 Å². The lowest BCUT2D eigenvalue weighted by atomic mass is 9.84. The van der Waals surface area contributed by atoms with Crippen molar-refractivity contribution in [2.75, 3.05) is 11.9 Å². The summed E-state index contributed by atoms with van der Waals surface area (Å²) >= 11 is 2.63. The van der Waals surface area contributed by atoms with Crippen molar-refractivity contribution in [3.63, 3.8) is 0 Å². The van der Waals surface area contributed by atoms with Gasteiger partial charge in [-0.05, 0) is 50.4 Å². The van der Waals surface area contributed by atoms with Crippen LogP contribution in [0.2, 0.25) is 0 Å². The Morgan fingerprint density at radius 2 is 2.00 bits per heavy atom. The molecule has 1 heterocycles. The van der Waals surface area contributed by atoms with Gasteiger partial charge in [-0.25, -0.2) is 9.78 Å². The first-order chi connectivity index (χ1) is 13.8. The second-order valence-corrected chi connectivity index (χ2v) is 10.8. The number of carboxylic acid groups (broad SMARTS) is 1. The highest BCUT2D eigenvalue weighted by atomic mass is 32.2. The fraction of sp³-hybridized carbons (Fsp3) is 0.762. The van der Waals surface area contributed by atoms with E-state index in [0.29, 0.717) is 23.5 Å². The van der Waals surface area contributed by atoms with Crippen molar-refractivity contribution in [2.24, 2.45) is 11.8 Å². The summed E-state index contributed by atoms with van der Waals surface area (Å²) in [4.78, 5) is 30.6. The zero-order valence-corrected chi connectivity index (χ0v) is 19.7. The molecular formula is C21H35N3O3S2. The number of hydrogen-bond acceptors (Lipinski definition) is 5. The maximum atomic E-state index is 13.1. The number of nitrogens with zero attached hydrogens (tertiary/aromatic N) is 2. The fourth-order valence-electron chi connectivity index (χ4n) is 3.70. The number of rotatable bonds is 10. The summed E-state index contributed by atoms with van der Waals surface area (Å²) in [6.45, 7) is 9.23. The molecule has 1 aromatic heterocycles. The van der Waals surface area contributed by atoms with E-state index in [-0.39, 0.29) is 6.03 Å². The molecule has 2 rings (SSSR count). The highest BCUT2D eigenvalue weighted by Gasteiger charge is 2.29. The summed E-state index contributed by atoms with van der Waals surface area (Å²) < 4.78 is 0.812. The van der Waals surface area contributed by atoms with Crippen LogP contribution >= 0.6 is 23.1 Å². The van der Waals surface area contributed by atoms with Gasteiger partial charge in [0, 0.05) is 12.6 Å². The molecule has 29 heavy (non-hydrogen) atoms. The SMILES string of the molecule is CCC(Sc1cnc(NC(=O)N(CCC(C)C)[C@H]2CC[C@H](CC)CC2)s1)C(=O)O. The number of carbonyl (C=O) groups is 2. The van der Waals surface area contributed by atoms with Crippen molar-refractivity contribution in [1.82, 2.24) is 9.88 Å². The minimum absolute atomic E-state index is 0.0817. The lowest BCUT2D eigenvalue weighted by molar-refractivity contribution is -0.136. The number of carboxylic acids is 1. The van der Waals surface area contributed by atoms with E-state index >= 15 is 0 Å². The number of aromatic nitrogens is 1. The molecule has 0 bridgehead atoms. The molecule has 2 amide bonds. The second kappa shape index (κ2) is 11.8. The van der Waals surface area contributed by atoms with Crippen LogP contribution in [0, 0.1) is 11.8 Å². The number of carbonyl (C=O) groups excluding carboxylic acids is 1. The van der Waals surface area contributed by atoms with E-state index < -0.39 is 11.2 Å². The first-order valence-electron chi connectivity index (χ1n) is 10.8. The molecule has 0 saturated heterocycles. The van der Waals surface area contributed by atoms with E-state index in [9.17, 15) is 14.7 Å². The van der Waals surface area contributed by atoms with Crippen molar-refractivity contribution < 1.29 is 14.7 Å². The highest BCUT2D eigenvalue weighted by Crippen LogP contribution is 2.34. The Morgan fingerprint density at radius 1 is 1.31 bits per heavy atom. The van der Waals surface area contributed by atoms with Crippen molar-refractivity contribution in [1.29, 1.82) is 0 Å². The Balaban J connectivity index is 2.00. The number of aliphatic carboxylic acids is 1. The Labute approximate surface area is 182 Å². The third-order valence-electron chi connectivity index (χ3n) is 5.65. The van der Waals surface area contributed by atoms with Crippen LogP contribution in [0.15, 0.2) is 10.4 Å². The molecule has 0 radical (unpaired) electrons. The number of amides is 2. The lowest BCUT2D eigenvalue weighted by Gasteiger charge is -2.37. The van der Waals surface area contributed by atoms with E-state index in [1.54, 1.807) is 6.20 Å². The summed E-state index contributed by atoms with van der Waals surface area (Å²) in [6.07, 6.45) is 8.93. The quantitative estimate of drug-likeness (QED) is 0.439. The van der Waals surface area contributed by atoms with Gasteiger partial charge in [0.05, 0.1) is 10.4 Å². The van der Waals surface area contributed by atoms with Gasteiger partial charge < -0.3 is 10.0 Å². The molecular weight excluding hydrogens is 406 g/mol. The van der Waals surface area contributed by atoms with Crippen LogP contribution in [0.4, 0.5) is 9.93 Å². The Kier molecular flexibility index (Phi) is 9.75. The number of anilines is 1. The van der Waals surface area contributed by atoms with Crippen molar-refractivity contribution >= 4 is 40.2 Å². The predicted octanol–water partition coefficient (Wildman–Crippen LogP) is 5.95. The van der Waals surface area contributed by atoms with Gasteiger partial charge in [-0.15, -0.1) is 0 Å². The van der Waals surface area contributed by atoms with Crippen LogP contribution in [0.5, 0.6) is 0 Å². The fourth-order valence-corrected chi connectivity index (χ4v) is 5.67. The van der Waals surface area contributed by atoms with Gasteiger partial charge in [-0.3, -0.25) is 10.1 Å². The third kappa shape index (κ3) is 7.48. The number of thioether (sulfide) groups is 1. The minimum Gasteiger partial charge on any atom is -0.480 e. The second-order valence-electron chi connectivity index (χ2n) is 8.23. The summed E-state index contributed by atoms with van der Waals surface area (Å²) in [6, 6.07) is 0.212. The topological polar surface area (TPSA) is 82.5 Å². The Hall–Kier alpha value is -1.28. The highest BCUT2D eigenvalue weighted by molar-refractivity contribution is 8.02. The zero-order chi connectivity index (χ0) is 21.4. The van der Waals surface area contributed by atoms with Gasteiger partial charge in [0.1, 0.15) is 5.25 Å². The van der Waals surface area contributed by atoms with Crippen LogP contribution in [0.3, 0.4) is 0 Å². The maximum absolute atomic E-state index is 13.1. The molecule has 1 fully saturated rings. The number of hydrogen-bond donors (Lipinski definition) is 2. The average molecular weight is 442 g/mol. The van der Waals surface area contributed by atoms with Crippen LogP contribution in [0.25, 0.3) is 0 Å². The van der Waals surface area contributed by atoms with Gasteiger partial charge in [0.25, 0.3) is 0 Å². The first-order valence-corrected chi connectivity index (χ1v) is 12.5. The molecule has 2 N–H and O–H groups in total. The lowest BCUT2D eigenvalue weighted by Crippen LogP contribution is -2.45. The molecule has 1 aliphatic rings. The maximum Gasteiger partial charge on any atom is 0.323 e. The summed E-state index contributed by atoms with van der Waals surface area (Å²) in [7, 11) is 0. The smallest absolute Gasteiger partial charge is 0.323 e. The van der Waals surface area contributed by atoms with E-state index in [1.165, 1.54) is 42.4 Å². The van der Waals surface area contributed by atoms with E-state index in [0.717, 1.165) is 35.9 Å². The van der Waals surface area contributed by atoms with Crippen LogP contribution in [-0.2, 0) is 4.79 Å².